The van der Waals surface area contributed by atoms with Gasteiger partial charge in [0.1, 0.15) is 0 Å². The lowest BCUT2D eigenvalue weighted by Crippen LogP contribution is -2.01. The third-order valence-electron chi connectivity index (χ3n) is 5.45. The van der Waals surface area contributed by atoms with Crippen molar-refractivity contribution in [3.05, 3.63) is 119 Å². The fourth-order valence-electron chi connectivity index (χ4n) is 4.24. The molecule has 4 aromatic carbocycles. The van der Waals surface area contributed by atoms with Gasteiger partial charge in [-0.15, -0.1) is 0 Å². The van der Waals surface area contributed by atoms with Gasteiger partial charge in [-0.2, -0.15) is 0 Å². The molecule has 0 radical (unpaired) electrons. The van der Waals surface area contributed by atoms with Crippen molar-refractivity contribution in [2.24, 2.45) is 0 Å². The van der Waals surface area contributed by atoms with E-state index in [0.717, 1.165) is 0 Å². The Hall–Kier alpha value is -3.12. The first kappa shape index (κ1) is 15.2. The lowest BCUT2D eigenvalue weighted by atomic mass is 9.85. The molecule has 0 spiro atoms. The van der Waals surface area contributed by atoms with Gasteiger partial charge in [-0.05, 0) is 45.9 Å². The van der Waals surface area contributed by atoms with Crippen LogP contribution >= 0.6 is 0 Å². The van der Waals surface area contributed by atoms with Gasteiger partial charge in [-0.1, -0.05) is 103 Å². The summed E-state index contributed by atoms with van der Waals surface area (Å²) >= 11 is 0. The highest BCUT2D eigenvalue weighted by Gasteiger charge is 2.31. The summed E-state index contributed by atoms with van der Waals surface area (Å²) in [6, 6.07) is 35.4. The summed E-state index contributed by atoms with van der Waals surface area (Å²) in [5.41, 5.74) is 10.9. The molecule has 0 bridgehead atoms. The van der Waals surface area contributed by atoms with E-state index in [0.29, 0.717) is 5.92 Å². The molecule has 0 heteroatoms. The van der Waals surface area contributed by atoms with Crippen molar-refractivity contribution in [2.45, 2.75) is 12.8 Å². The van der Waals surface area contributed by atoms with Gasteiger partial charge in [0.25, 0.3) is 0 Å². The molecule has 0 aliphatic heterocycles. The van der Waals surface area contributed by atoms with Crippen molar-refractivity contribution in [1.29, 1.82) is 0 Å². The lowest BCUT2D eigenvalue weighted by molar-refractivity contribution is 1.01. The van der Waals surface area contributed by atoms with E-state index in [1.54, 1.807) is 0 Å². The Bertz CT molecular complexity index is 1070. The zero-order valence-corrected chi connectivity index (χ0v) is 14.8. The summed E-state index contributed by atoms with van der Waals surface area (Å²) in [5.74, 6) is 0.290. The van der Waals surface area contributed by atoms with E-state index in [-0.39, 0.29) is 0 Å². The molecule has 1 atom stereocenters. The summed E-state index contributed by atoms with van der Waals surface area (Å²) in [7, 11) is 0. The van der Waals surface area contributed by atoms with E-state index in [1.807, 2.05) is 0 Å². The molecule has 0 heterocycles. The summed E-state index contributed by atoms with van der Waals surface area (Å²) in [6.45, 7) is 2.15. The number of benzene rings is 4. The molecule has 4 aromatic rings. The molecule has 1 unspecified atom stereocenters. The van der Waals surface area contributed by atoms with E-state index in [1.165, 1.54) is 44.5 Å². The van der Waals surface area contributed by atoms with Crippen LogP contribution in [-0.2, 0) is 0 Å². The number of rotatable bonds is 2. The van der Waals surface area contributed by atoms with Gasteiger partial charge in [-0.25, -0.2) is 0 Å². The van der Waals surface area contributed by atoms with Crippen molar-refractivity contribution in [1.82, 2.24) is 0 Å². The van der Waals surface area contributed by atoms with E-state index in [4.69, 9.17) is 0 Å². The Kier molecular flexibility index (Phi) is 3.50. The van der Waals surface area contributed by atoms with Crippen LogP contribution in [0, 0.1) is 6.92 Å². The molecule has 5 rings (SSSR count). The monoisotopic (exact) mass is 332 g/mol. The lowest BCUT2D eigenvalue weighted by Gasteiger charge is -2.18. The molecule has 0 aromatic heterocycles. The van der Waals surface area contributed by atoms with Crippen LogP contribution in [0.3, 0.4) is 0 Å². The topological polar surface area (TPSA) is 0 Å². The van der Waals surface area contributed by atoms with E-state index >= 15 is 0 Å². The van der Waals surface area contributed by atoms with Crippen molar-refractivity contribution >= 4 is 0 Å². The van der Waals surface area contributed by atoms with Gasteiger partial charge in [0.2, 0.25) is 0 Å². The van der Waals surface area contributed by atoms with Gasteiger partial charge in [0.05, 0.1) is 0 Å². The zero-order valence-electron chi connectivity index (χ0n) is 14.8. The quantitative estimate of drug-likeness (QED) is 0.332. The Labute approximate surface area is 154 Å². The Morgan fingerprint density at radius 3 is 2.00 bits per heavy atom. The average Bonchev–Trinajstić information content (AvgIpc) is 3.04. The summed E-state index contributed by atoms with van der Waals surface area (Å²) < 4.78 is 0. The highest BCUT2D eigenvalue weighted by atomic mass is 14.3. The van der Waals surface area contributed by atoms with Crippen LogP contribution in [0.15, 0.2) is 97.1 Å². The first-order valence-corrected chi connectivity index (χ1v) is 9.17. The SMILES string of the molecule is Cc1ccc(C2c3ccccc3-c3cccc(-c4ccccc4)c32)cc1. The molecule has 0 saturated carbocycles. The van der Waals surface area contributed by atoms with Crippen LogP contribution in [0.2, 0.25) is 0 Å². The molecule has 0 fully saturated rings. The Balaban J connectivity index is 1.81. The van der Waals surface area contributed by atoms with Crippen molar-refractivity contribution in [2.75, 3.05) is 0 Å². The maximum atomic E-state index is 2.29. The highest BCUT2D eigenvalue weighted by Crippen LogP contribution is 2.51. The predicted molar refractivity (Wildman–Crippen MR) is 109 cm³/mol. The number of aryl methyl sites for hydroxylation is 1. The molecule has 0 nitrogen and oxygen atoms in total. The van der Waals surface area contributed by atoms with Crippen LogP contribution in [0.1, 0.15) is 28.2 Å². The summed E-state index contributed by atoms with van der Waals surface area (Å²) in [6.07, 6.45) is 0. The standard InChI is InChI=1S/C26H20/c1-18-14-16-20(17-15-18)25-23-11-6-5-10-22(23)24-13-7-12-21(26(24)25)19-8-3-2-4-9-19/h2-17,25H,1H3. The van der Waals surface area contributed by atoms with E-state index < -0.39 is 0 Å². The minimum absolute atomic E-state index is 0.290. The second kappa shape index (κ2) is 6.00. The van der Waals surface area contributed by atoms with Gasteiger partial charge in [0.15, 0.2) is 0 Å². The molecular weight excluding hydrogens is 312 g/mol. The first-order chi connectivity index (χ1) is 12.8. The Morgan fingerprint density at radius 2 is 1.19 bits per heavy atom. The summed E-state index contributed by atoms with van der Waals surface area (Å²) in [4.78, 5) is 0. The molecule has 1 aliphatic rings. The van der Waals surface area contributed by atoms with Crippen molar-refractivity contribution in [3.63, 3.8) is 0 Å². The average molecular weight is 332 g/mol. The smallest absolute Gasteiger partial charge is 0.0358 e. The number of hydrogen-bond donors (Lipinski definition) is 0. The molecule has 0 amide bonds. The normalized spacial score (nSPS) is 14.7. The van der Waals surface area contributed by atoms with Crippen LogP contribution < -0.4 is 0 Å². The van der Waals surface area contributed by atoms with Gasteiger partial charge in [0, 0.05) is 5.92 Å². The van der Waals surface area contributed by atoms with E-state index in [2.05, 4.69) is 104 Å². The number of fused-ring (bicyclic) bond motifs is 3. The van der Waals surface area contributed by atoms with Crippen LogP contribution in [0.5, 0.6) is 0 Å². The molecule has 124 valence electrons. The minimum atomic E-state index is 0.290. The molecule has 26 heavy (non-hydrogen) atoms. The van der Waals surface area contributed by atoms with Crippen LogP contribution in [0.4, 0.5) is 0 Å². The molecule has 0 saturated heterocycles. The first-order valence-electron chi connectivity index (χ1n) is 9.17. The largest absolute Gasteiger partial charge is 0.0622 e. The molecular formula is C26H20. The van der Waals surface area contributed by atoms with Crippen molar-refractivity contribution in [3.8, 4) is 22.3 Å². The van der Waals surface area contributed by atoms with Gasteiger partial charge in [-0.3, -0.25) is 0 Å². The zero-order chi connectivity index (χ0) is 17.5. The maximum Gasteiger partial charge on any atom is 0.0358 e. The Morgan fingerprint density at radius 1 is 0.538 bits per heavy atom. The van der Waals surface area contributed by atoms with Crippen LogP contribution in [0.25, 0.3) is 22.3 Å². The third-order valence-corrected chi connectivity index (χ3v) is 5.45. The predicted octanol–water partition coefficient (Wildman–Crippen LogP) is 6.82. The van der Waals surface area contributed by atoms with Crippen molar-refractivity contribution < 1.29 is 0 Å². The molecule has 1 aliphatic carbocycles. The fraction of sp³-hybridized carbons (Fsp3) is 0.0769. The molecule has 0 N–H and O–H groups in total. The fourth-order valence-corrected chi connectivity index (χ4v) is 4.24. The minimum Gasteiger partial charge on any atom is -0.0622 e. The van der Waals surface area contributed by atoms with E-state index in [9.17, 15) is 0 Å². The third kappa shape index (κ3) is 2.30. The maximum absolute atomic E-state index is 2.29. The van der Waals surface area contributed by atoms with Crippen LogP contribution in [-0.4, -0.2) is 0 Å². The second-order valence-electron chi connectivity index (χ2n) is 7.06. The summed E-state index contributed by atoms with van der Waals surface area (Å²) in [5, 5.41) is 0. The highest BCUT2D eigenvalue weighted by molar-refractivity contribution is 5.88. The second-order valence-corrected chi connectivity index (χ2v) is 7.06. The number of hydrogen-bond acceptors (Lipinski definition) is 0. The van der Waals surface area contributed by atoms with Gasteiger partial charge >= 0.3 is 0 Å². The van der Waals surface area contributed by atoms with Gasteiger partial charge < -0.3 is 0 Å².